The standard InChI is InChI=1S/C16H20N6/c1-12-4-5-16-18-14(9-21(16)8-12)10-22-11-15(19-20-22)13-3-2-6-17-7-13/h4-5,8-9,11,13,17H,2-3,6-7,10H2,1H3/t13-/m1/s1. The topological polar surface area (TPSA) is 60.0 Å². The summed E-state index contributed by atoms with van der Waals surface area (Å²) in [5.41, 5.74) is 4.29. The minimum absolute atomic E-state index is 0.492. The molecule has 0 spiro atoms. The number of fused-ring (bicyclic) bond motifs is 1. The number of aryl methyl sites for hydroxylation is 1. The Balaban J connectivity index is 1.53. The van der Waals surface area contributed by atoms with E-state index in [4.69, 9.17) is 0 Å². The van der Waals surface area contributed by atoms with Gasteiger partial charge in [-0.15, -0.1) is 5.10 Å². The monoisotopic (exact) mass is 296 g/mol. The second-order valence-electron chi connectivity index (χ2n) is 6.09. The Morgan fingerprint density at radius 1 is 1.27 bits per heavy atom. The number of rotatable bonds is 3. The molecule has 1 aliphatic rings. The van der Waals surface area contributed by atoms with Crippen molar-refractivity contribution in [2.75, 3.05) is 13.1 Å². The van der Waals surface area contributed by atoms with Crippen molar-refractivity contribution in [3.05, 3.63) is 47.7 Å². The Hall–Kier alpha value is -2.21. The Kier molecular flexibility index (Phi) is 3.38. The molecule has 1 fully saturated rings. The second-order valence-corrected chi connectivity index (χ2v) is 6.09. The van der Waals surface area contributed by atoms with Gasteiger partial charge in [-0.3, -0.25) is 0 Å². The molecule has 3 aromatic rings. The molecule has 0 aromatic carbocycles. The minimum Gasteiger partial charge on any atom is -0.316 e. The zero-order chi connectivity index (χ0) is 14.9. The number of hydrogen-bond donors (Lipinski definition) is 1. The number of nitrogens with one attached hydrogen (secondary N) is 1. The zero-order valence-corrected chi connectivity index (χ0v) is 12.7. The maximum atomic E-state index is 4.63. The van der Waals surface area contributed by atoms with Gasteiger partial charge in [0, 0.05) is 31.1 Å². The average Bonchev–Trinajstić information content (AvgIpc) is 3.14. The van der Waals surface area contributed by atoms with Crippen molar-refractivity contribution in [1.82, 2.24) is 29.7 Å². The van der Waals surface area contributed by atoms with Crippen molar-refractivity contribution >= 4 is 5.65 Å². The Bertz CT molecular complexity index is 781. The van der Waals surface area contributed by atoms with E-state index in [2.05, 4.69) is 56.6 Å². The summed E-state index contributed by atoms with van der Waals surface area (Å²) in [5.74, 6) is 0.492. The first-order valence-electron chi connectivity index (χ1n) is 7.83. The summed E-state index contributed by atoms with van der Waals surface area (Å²) in [4.78, 5) is 4.63. The van der Waals surface area contributed by atoms with E-state index >= 15 is 0 Å². The van der Waals surface area contributed by atoms with E-state index in [1.165, 1.54) is 18.4 Å². The summed E-state index contributed by atoms with van der Waals surface area (Å²) in [6, 6.07) is 4.12. The first-order valence-corrected chi connectivity index (χ1v) is 7.83. The molecule has 0 aliphatic carbocycles. The predicted molar refractivity (Wildman–Crippen MR) is 83.9 cm³/mol. The fourth-order valence-electron chi connectivity index (χ4n) is 3.08. The molecule has 114 valence electrons. The largest absolute Gasteiger partial charge is 0.316 e. The van der Waals surface area contributed by atoms with Crippen molar-refractivity contribution < 1.29 is 0 Å². The highest BCUT2D eigenvalue weighted by atomic mass is 15.4. The van der Waals surface area contributed by atoms with Gasteiger partial charge in [-0.05, 0) is 37.9 Å². The first kappa shape index (κ1) is 13.5. The maximum Gasteiger partial charge on any atom is 0.137 e. The third-order valence-corrected chi connectivity index (χ3v) is 4.24. The highest BCUT2D eigenvalue weighted by Crippen LogP contribution is 2.20. The molecule has 1 N–H and O–H groups in total. The van der Waals surface area contributed by atoms with Crippen molar-refractivity contribution in [3.8, 4) is 0 Å². The van der Waals surface area contributed by atoms with Crippen LogP contribution in [0.4, 0.5) is 0 Å². The number of piperidine rings is 1. The second kappa shape index (κ2) is 5.53. The van der Waals surface area contributed by atoms with Crippen LogP contribution in [0.3, 0.4) is 0 Å². The van der Waals surface area contributed by atoms with Crippen LogP contribution in [0.5, 0.6) is 0 Å². The molecular formula is C16H20N6. The van der Waals surface area contributed by atoms with E-state index in [9.17, 15) is 0 Å². The Morgan fingerprint density at radius 2 is 2.23 bits per heavy atom. The summed E-state index contributed by atoms with van der Waals surface area (Å²) in [6.45, 7) is 4.87. The number of hydrogen-bond acceptors (Lipinski definition) is 4. The van der Waals surface area contributed by atoms with Crippen LogP contribution in [0.2, 0.25) is 0 Å². The van der Waals surface area contributed by atoms with Crippen molar-refractivity contribution in [1.29, 1.82) is 0 Å². The fourth-order valence-corrected chi connectivity index (χ4v) is 3.08. The van der Waals surface area contributed by atoms with Gasteiger partial charge in [-0.25, -0.2) is 9.67 Å². The maximum absolute atomic E-state index is 4.63. The Morgan fingerprint density at radius 3 is 3.09 bits per heavy atom. The summed E-state index contributed by atoms with van der Waals surface area (Å²) < 4.78 is 3.95. The molecule has 3 aromatic heterocycles. The highest BCUT2D eigenvalue weighted by Gasteiger charge is 2.18. The molecule has 4 heterocycles. The zero-order valence-electron chi connectivity index (χ0n) is 12.7. The first-order chi connectivity index (χ1) is 10.8. The molecule has 6 heteroatoms. The molecular weight excluding hydrogens is 276 g/mol. The van der Waals surface area contributed by atoms with Crippen LogP contribution < -0.4 is 5.32 Å². The lowest BCUT2D eigenvalue weighted by Crippen LogP contribution is -2.28. The van der Waals surface area contributed by atoms with E-state index in [0.717, 1.165) is 30.1 Å². The van der Waals surface area contributed by atoms with Gasteiger partial charge in [0.05, 0.1) is 17.9 Å². The molecule has 0 saturated carbocycles. The van der Waals surface area contributed by atoms with Gasteiger partial charge in [0.15, 0.2) is 0 Å². The van der Waals surface area contributed by atoms with E-state index < -0.39 is 0 Å². The van der Waals surface area contributed by atoms with Gasteiger partial charge in [0.25, 0.3) is 0 Å². The van der Waals surface area contributed by atoms with Gasteiger partial charge in [-0.2, -0.15) is 0 Å². The van der Waals surface area contributed by atoms with Gasteiger partial charge >= 0.3 is 0 Å². The molecule has 1 aliphatic heterocycles. The predicted octanol–water partition coefficient (Wildman–Crippen LogP) is 1.75. The molecule has 0 radical (unpaired) electrons. The van der Waals surface area contributed by atoms with Gasteiger partial charge in [0.2, 0.25) is 0 Å². The van der Waals surface area contributed by atoms with Crippen LogP contribution in [0, 0.1) is 6.92 Å². The quantitative estimate of drug-likeness (QED) is 0.800. The normalized spacial score (nSPS) is 18.9. The summed E-state index contributed by atoms with van der Waals surface area (Å²) in [5, 5.41) is 12.0. The Labute approximate surface area is 129 Å². The molecule has 22 heavy (non-hydrogen) atoms. The number of aromatic nitrogens is 5. The van der Waals surface area contributed by atoms with Crippen molar-refractivity contribution in [2.24, 2.45) is 0 Å². The molecule has 0 amide bonds. The van der Waals surface area contributed by atoms with Crippen LogP contribution in [0.15, 0.2) is 30.7 Å². The summed E-state index contributed by atoms with van der Waals surface area (Å²) in [6.07, 6.45) is 8.62. The van der Waals surface area contributed by atoms with Crippen LogP contribution in [-0.2, 0) is 6.54 Å². The highest BCUT2D eigenvalue weighted by molar-refractivity contribution is 5.41. The lowest BCUT2D eigenvalue weighted by molar-refractivity contribution is 0.454. The molecule has 0 unspecified atom stereocenters. The molecule has 0 bridgehead atoms. The van der Waals surface area contributed by atoms with Crippen LogP contribution in [0.1, 0.15) is 35.7 Å². The lowest BCUT2D eigenvalue weighted by Gasteiger charge is -2.20. The molecule has 1 atom stereocenters. The molecule has 1 saturated heterocycles. The van der Waals surface area contributed by atoms with Crippen LogP contribution in [-0.4, -0.2) is 37.5 Å². The van der Waals surface area contributed by atoms with Crippen LogP contribution in [0.25, 0.3) is 5.65 Å². The van der Waals surface area contributed by atoms with Crippen molar-refractivity contribution in [2.45, 2.75) is 32.2 Å². The van der Waals surface area contributed by atoms with E-state index in [-0.39, 0.29) is 0 Å². The number of imidazole rings is 1. The molecule has 6 nitrogen and oxygen atoms in total. The SMILES string of the molecule is Cc1ccc2nc(Cn3cc([C@@H]4CCCNC4)nn3)cn2c1. The van der Waals surface area contributed by atoms with Gasteiger partial charge in [-0.1, -0.05) is 11.3 Å². The van der Waals surface area contributed by atoms with E-state index in [1.807, 2.05) is 10.7 Å². The third-order valence-electron chi connectivity index (χ3n) is 4.24. The minimum atomic E-state index is 0.492. The summed E-state index contributed by atoms with van der Waals surface area (Å²) >= 11 is 0. The number of nitrogens with zero attached hydrogens (tertiary/aromatic N) is 5. The van der Waals surface area contributed by atoms with Gasteiger partial charge < -0.3 is 9.72 Å². The smallest absolute Gasteiger partial charge is 0.137 e. The number of pyridine rings is 1. The third kappa shape index (κ3) is 2.62. The van der Waals surface area contributed by atoms with Gasteiger partial charge in [0.1, 0.15) is 5.65 Å². The van der Waals surface area contributed by atoms with E-state index in [1.54, 1.807) is 0 Å². The molecule has 4 rings (SSSR count). The lowest BCUT2D eigenvalue weighted by atomic mass is 9.97. The summed E-state index contributed by atoms with van der Waals surface area (Å²) in [7, 11) is 0. The van der Waals surface area contributed by atoms with Crippen LogP contribution >= 0.6 is 0 Å². The van der Waals surface area contributed by atoms with Crippen molar-refractivity contribution in [3.63, 3.8) is 0 Å². The van der Waals surface area contributed by atoms with E-state index in [0.29, 0.717) is 12.5 Å². The fraction of sp³-hybridized carbons (Fsp3) is 0.438. The average molecular weight is 296 g/mol.